The largest absolute Gasteiger partial charge is 0.338 e. The van der Waals surface area contributed by atoms with E-state index in [2.05, 4.69) is 15.0 Å². The van der Waals surface area contributed by atoms with Crippen molar-refractivity contribution < 1.29 is 13.7 Å². The molecule has 26 heavy (non-hydrogen) atoms. The van der Waals surface area contributed by atoms with Crippen LogP contribution in [0.5, 0.6) is 0 Å². The zero-order chi connectivity index (χ0) is 18.3. The minimum atomic E-state index is -0.449. The predicted octanol–water partition coefficient (Wildman–Crippen LogP) is 3.26. The number of piperazine rings is 1. The lowest BCUT2D eigenvalue weighted by molar-refractivity contribution is 0.0552. The van der Waals surface area contributed by atoms with Gasteiger partial charge in [0, 0.05) is 32.1 Å². The van der Waals surface area contributed by atoms with Crippen molar-refractivity contribution in [1.29, 1.82) is 0 Å². The SMILES string of the molecule is C[C@@H](c1nc(C2CC2)no1)N1CCN(C(=O)c2ccc(F)cc2Cl)CC1. The lowest BCUT2D eigenvalue weighted by atomic mass is 10.1. The molecule has 0 bridgehead atoms. The third kappa shape index (κ3) is 3.46. The zero-order valence-corrected chi connectivity index (χ0v) is 15.2. The second kappa shape index (κ2) is 6.96. The Hall–Kier alpha value is -1.99. The molecule has 1 aliphatic heterocycles. The summed E-state index contributed by atoms with van der Waals surface area (Å²) in [5.74, 6) is 1.29. The van der Waals surface area contributed by atoms with Crippen LogP contribution in [0, 0.1) is 5.82 Å². The highest BCUT2D eigenvalue weighted by molar-refractivity contribution is 6.33. The molecule has 2 heterocycles. The van der Waals surface area contributed by atoms with Crippen LogP contribution >= 0.6 is 11.6 Å². The van der Waals surface area contributed by atoms with Crippen molar-refractivity contribution in [2.75, 3.05) is 26.2 Å². The number of aromatic nitrogens is 2. The molecule has 4 rings (SSSR count). The number of hydrogen-bond acceptors (Lipinski definition) is 5. The highest BCUT2D eigenvalue weighted by atomic mass is 35.5. The van der Waals surface area contributed by atoms with Gasteiger partial charge in [0.05, 0.1) is 16.6 Å². The fourth-order valence-corrected chi connectivity index (χ4v) is 3.47. The van der Waals surface area contributed by atoms with Crippen molar-refractivity contribution in [3.8, 4) is 0 Å². The number of carbonyl (C=O) groups is 1. The summed E-state index contributed by atoms with van der Waals surface area (Å²) in [6.45, 7) is 4.58. The quantitative estimate of drug-likeness (QED) is 0.817. The molecular weight excluding hydrogens is 359 g/mol. The van der Waals surface area contributed by atoms with Gasteiger partial charge in [-0.25, -0.2) is 4.39 Å². The smallest absolute Gasteiger partial charge is 0.255 e. The molecule has 8 heteroatoms. The molecule has 2 aliphatic rings. The third-order valence-electron chi connectivity index (χ3n) is 5.07. The number of halogens is 2. The molecule has 1 aromatic heterocycles. The molecule has 1 aromatic carbocycles. The summed E-state index contributed by atoms with van der Waals surface area (Å²) in [5.41, 5.74) is 0.334. The topological polar surface area (TPSA) is 62.5 Å². The molecular formula is C18H20ClFN4O2. The van der Waals surface area contributed by atoms with Crippen LogP contribution < -0.4 is 0 Å². The van der Waals surface area contributed by atoms with E-state index in [-0.39, 0.29) is 17.0 Å². The average molecular weight is 379 g/mol. The summed E-state index contributed by atoms with van der Waals surface area (Å²) in [6, 6.07) is 3.87. The predicted molar refractivity (Wildman–Crippen MR) is 93.6 cm³/mol. The molecule has 6 nitrogen and oxygen atoms in total. The maximum absolute atomic E-state index is 13.2. The van der Waals surface area contributed by atoms with E-state index in [9.17, 15) is 9.18 Å². The minimum absolute atomic E-state index is 0.0154. The van der Waals surface area contributed by atoms with Gasteiger partial charge in [-0.3, -0.25) is 9.69 Å². The standard InChI is InChI=1S/C18H20ClFN4O2/c1-11(17-21-16(22-26-17)12-2-3-12)23-6-8-24(9-7-23)18(25)14-5-4-13(20)10-15(14)19/h4-5,10-12H,2-3,6-9H2,1H3/t11-/m0/s1. The van der Waals surface area contributed by atoms with Gasteiger partial charge < -0.3 is 9.42 Å². The molecule has 0 unspecified atom stereocenters. The van der Waals surface area contributed by atoms with Crippen LogP contribution in [-0.4, -0.2) is 52.0 Å². The van der Waals surface area contributed by atoms with Crippen LogP contribution in [0.4, 0.5) is 4.39 Å². The van der Waals surface area contributed by atoms with E-state index >= 15 is 0 Å². The van der Waals surface area contributed by atoms with Gasteiger partial charge in [-0.1, -0.05) is 16.8 Å². The number of rotatable bonds is 4. The van der Waals surface area contributed by atoms with E-state index in [0.29, 0.717) is 43.6 Å². The van der Waals surface area contributed by atoms with Gasteiger partial charge in [-0.05, 0) is 38.0 Å². The fourth-order valence-electron chi connectivity index (χ4n) is 3.23. The summed E-state index contributed by atoms with van der Waals surface area (Å²) < 4.78 is 18.6. The number of amides is 1. The van der Waals surface area contributed by atoms with Gasteiger partial charge in [0.25, 0.3) is 5.91 Å². The molecule has 1 aliphatic carbocycles. The number of benzene rings is 1. The Bertz CT molecular complexity index is 815. The monoisotopic (exact) mass is 378 g/mol. The van der Waals surface area contributed by atoms with Crippen molar-refractivity contribution in [3.05, 3.63) is 46.3 Å². The average Bonchev–Trinajstić information content (AvgIpc) is 3.38. The number of nitrogens with zero attached hydrogens (tertiary/aromatic N) is 4. The van der Waals surface area contributed by atoms with E-state index in [1.807, 2.05) is 6.92 Å². The summed E-state index contributed by atoms with van der Waals surface area (Å²) >= 11 is 6.01. The van der Waals surface area contributed by atoms with E-state index < -0.39 is 5.82 Å². The number of carbonyl (C=O) groups excluding carboxylic acids is 1. The Morgan fingerprint density at radius 1 is 1.31 bits per heavy atom. The highest BCUT2D eigenvalue weighted by Crippen LogP contribution is 2.38. The van der Waals surface area contributed by atoms with Gasteiger partial charge in [0.15, 0.2) is 5.82 Å². The van der Waals surface area contributed by atoms with Crippen molar-refractivity contribution >= 4 is 17.5 Å². The molecule has 0 N–H and O–H groups in total. The van der Waals surface area contributed by atoms with Crippen molar-refractivity contribution in [2.45, 2.75) is 31.7 Å². The highest BCUT2D eigenvalue weighted by Gasteiger charge is 2.32. The molecule has 1 saturated carbocycles. The van der Waals surface area contributed by atoms with E-state index in [4.69, 9.17) is 16.1 Å². The zero-order valence-electron chi connectivity index (χ0n) is 14.5. The maximum Gasteiger partial charge on any atom is 0.255 e. The third-order valence-corrected chi connectivity index (χ3v) is 5.38. The first-order chi connectivity index (χ1) is 12.5. The molecule has 1 saturated heterocycles. The molecule has 1 amide bonds. The van der Waals surface area contributed by atoms with E-state index in [1.54, 1.807) is 4.90 Å². The normalized spacial score (nSPS) is 19.6. The first kappa shape index (κ1) is 17.4. The lowest BCUT2D eigenvalue weighted by Crippen LogP contribution is -2.49. The minimum Gasteiger partial charge on any atom is -0.338 e. The van der Waals surface area contributed by atoms with Crippen LogP contribution in [0.2, 0.25) is 5.02 Å². The van der Waals surface area contributed by atoms with Gasteiger partial charge in [-0.2, -0.15) is 4.98 Å². The Morgan fingerprint density at radius 2 is 2.04 bits per heavy atom. The van der Waals surface area contributed by atoms with Crippen LogP contribution in [0.15, 0.2) is 22.7 Å². The van der Waals surface area contributed by atoms with E-state index in [1.165, 1.54) is 18.2 Å². The first-order valence-electron chi connectivity index (χ1n) is 8.85. The van der Waals surface area contributed by atoms with Gasteiger partial charge in [0.2, 0.25) is 5.89 Å². The van der Waals surface area contributed by atoms with E-state index in [0.717, 1.165) is 18.7 Å². The summed E-state index contributed by atoms with van der Waals surface area (Å²) in [7, 11) is 0. The van der Waals surface area contributed by atoms with Gasteiger partial charge in [0.1, 0.15) is 5.82 Å². The summed E-state index contributed by atoms with van der Waals surface area (Å²) in [4.78, 5) is 21.1. The van der Waals surface area contributed by atoms with Crippen molar-refractivity contribution in [2.24, 2.45) is 0 Å². The Morgan fingerprint density at radius 3 is 2.69 bits per heavy atom. The van der Waals surface area contributed by atoms with Crippen LogP contribution in [0.25, 0.3) is 0 Å². The molecule has 0 radical (unpaired) electrons. The lowest BCUT2D eigenvalue weighted by Gasteiger charge is -2.36. The molecule has 2 fully saturated rings. The second-order valence-electron chi connectivity index (χ2n) is 6.89. The summed E-state index contributed by atoms with van der Waals surface area (Å²) in [6.07, 6.45) is 2.28. The molecule has 138 valence electrons. The molecule has 2 aromatic rings. The Balaban J connectivity index is 1.37. The fraction of sp³-hybridized carbons (Fsp3) is 0.500. The first-order valence-corrected chi connectivity index (χ1v) is 9.22. The van der Waals surface area contributed by atoms with Gasteiger partial charge in [-0.15, -0.1) is 0 Å². The van der Waals surface area contributed by atoms with Crippen molar-refractivity contribution in [1.82, 2.24) is 19.9 Å². The summed E-state index contributed by atoms with van der Waals surface area (Å²) in [5, 5.41) is 4.21. The number of hydrogen-bond donors (Lipinski definition) is 0. The van der Waals surface area contributed by atoms with Crippen LogP contribution in [0.3, 0.4) is 0 Å². The van der Waals surface area contributed by atoms with Crippen LogP contribution in [0.1, 0.15) is 53.8 Å². The Kier molecular flexibility index (Phi) is 4.67. The molecule has 1 atom stereocenters. The molecule has 0 spiro atoms. The second-order valence-corrected chi connectivity index (χ2v) is 7.30. The Labute approximate surface area is 155 Å². The maximum atomic E-state index is 13.2. The van der Waals surface area contributed by atoms with Crippen LogP contribution in [-0.2, 0) is 0 Å². The van der Waals surface area contributed by atoms with Gasteiger partial charge >= 0.3 is 0 Å². The van der Waals surface area contributed by atoms with Crippen molar-refractivity contribution in [3.63, 3.8) is 0 Å².